The highest BCUT2D eigenvalue weighted by Crippen LogP contribution is 2.46. The van der Waals surface area contributed by atoms with Crippen LogP contribution < -0.4 is 0 Å². The predicted molar refractivity (Wildman–Crippen MR) is 68.2 cm³/mol. The highest BCUT2D eigenvalue weighted by atomic mass is 16.5. The molecule has 2 bridgehead atoms. The molecule has 98 valence electrons. The van der Waals surface area contributed by atoms with Gasteiger partial charge in [0.2, 0.25) is 0 Å². The zero-order chi connectivity index (χ0) is 12.7. The monoisotopic (exact) mass is 248 g/mol. The van der Waals surface area contributed by atoms with Crippen molar-refractivity contribution in [3.05, 3.63) is 24.0 Å². The van der Waals surface area contributed by atoms with E-state index < -0.39 is 0 Å². The standard InChI is InChI=1S/C14H20N2O2/c1-16-9-5-6-12(16)13(11-4-3-7-15-11)10(8-9)14(17)18-2/h3-4,7,9-10,12-13,15H,5-6,8H2,1-2H3/t9-,10-,12-,13-/m1/s1. The maximum atomic E-state index is 12.0. The molecule has 0 saturated carbocycles. The zero-order valence-corrected chi connectivity index (χ0v) is 10.9. The SMILES string of the molecule is COC(=O)[C@@H]1C[C@H]2CC[C@H]([C@H]1c1ccc[nH]1)N2C. The average Bonchev–Trinajstić information content (AvgIpc) is 2.97. The summed E-state index contributed by atoms with van der Waals surface area (Å²) in [6.45, 7) is 0. The van der Waals surface area contributed by atoms with E-state index >= 15 is 0 Å². The second-order valence-corrected chi connectivity index (χ2v) is 5.48. The third-order valence-electron chi connectivity index (χ3n) is 4.75. The van der Waals surface area contributed by atoms with Crippen molar-refractivity contribution in [3.63, 3.8) is 0 Å². The molecule has 1 aromatic rings. The van der Waals surface area contributed by atoms with E-state index in [-0.39, 0.29) is 17.8 Å². The maximum Gasteiger partial charge on any atom is 0.309 e. The summed E-state index contributed by atoms with van der Waals surface area (Å²) in [4.78, 5) is 17.8. The molecule has 2 saturated heterocycles. The normalized spacial score (nSPS) is 35.7. The number of esters is 1. The molecule has 2 aliphatic rings. The van der Waals surface area contributed by atoms with Crippen LogP contribution in [0, 0.1) is 5.92 Å². The van der Waals surface area contributed by atoms with E-state index in [2.05, 4.69) is 23.0 Å². The molecule has 0 spiro atoms. The zero-order valence-electron chi connectivity index (χ0n) is 10.9. The first kappa shape index (κ1) is 11.8. The van der Waals surface area contributed by atoms with Crippen molar-refractivity contribution >= 4 is 5.97 Å². The first-order chi connectivity index (χ1) is 8.72. The van der Waals surface area contributed by atoms with Gasteiger partial charge in [-0.3, -0.25) is 9.69 Å². The smallest absolute Gasteiger partial charge is 0.309 e. The Hall–Kier alpha value is -1.29. The minimum absolute atomic E-state index is 0.00218. The van der Waals surface area contributed by atoms with E-state index in [4.69, 9.17) is 4.74 Å². The van der Waals surface area contributed by atoms with Gasteiger partial charge < -0.3 is 9.72 Å². The van der Waals surface area contributed by atoms with Gasteiger partial charge >= 0.3 is 5.97 Å². The number of rotatable bonds is 2. The average molecular weight is 248 g/mol. The number of likely N-dealkylation sites (N-methyl/N-ethyl adjacent to an activating group) is 1. The summed E-state index contributed by atoms with van der Waals surface area (Å²) < 4.78 is 5.01. The fourth-order valence-electron chi connectivity index (χ4n) is 3.84. The van der Waals surface area contributed by atoms with Crippen molar-refractivity contribution in [1.29, 1.82) is 0 Å². The number of ether oxygens (including phenoxy) is 1. The topological polar surface area (TPSA) is 45.3 Å². The summed E-state index contributed by atoms with van der Waals surface area (Å²) in [7, 11) is 3.68. The molecule has 4 nitrogen and oxygen atoms in total. The van der Waals surface area contributed by atoms with Crippen LogP contribution in [0.2, 0.25) is 0 Å². The lowest BCUT2D eigenvalue weighted by molar-refractivity contribution is -0.149. The number of carbonyl (C=O) groups excluding carboxylic acids is 1. The minimum Gasteiger partial charge on any atom is -0.469 e. The molecule has 0 radical (unpaired) electrons. The number of fused-ring (bicyclic) bond motifs is 2. The van der Waals surface area contributed by atoms with E-state index in [1.807, 2.05) is 12.3 Å². The number of aromatic amines is 1. The van der Waals surface area contributed by atoms with Crippen molar-refractivity contribution in [2.45, 2.75) is 37.3 Å². The Bertz CT molecular complexity index is 429. The number of piperidine rings is 1. The van der Waals surface area contributed by atoms with Crippen LogP contribution in [-0.2, 0) is 9.53 Å². The first-order valence-electron chi connectivity index (χ1n) is 6.65. The molecule has 4 heteroatoms. The molecule has 0 aliphatic carbocycles. The van der Waals surface area contributed by atoms with Crippen molar-refractivity contribution in [2.75, 3.05) is 14.2 Å². The third kappa shape index (κ3) is 1.67. The van der Waals surface area contributed by atoms with E-state index in [1.54, 1.807) is 0 Å². The molecule has 18 heavy (non-hydrogen) atoms. The lowest BCUT2D eigenvalue weighted by Gasteiger charge is -2.41. The summed E-state index contributed by atoms with van der Waals surface area (Å²) in [6.07, 6.45) is 5.23. The van der Waals surface area contributed by atoms with Crippen molar-refractivity contribution < 1.29 is 9.53 Å². The van der Waals surface area contributed by atoms with Crippen LogP contribution in [0.25, 0.3) is 0 Å². The molecule has 0 aromatic carbocycles. The Labute approximate surface area is 107 Å². The number of aromatic nitrogens is 1. The van der Waals surface area contributed by atoms with Gasteiger partial charge in [-0.1, -0.05) is 0 Å². The summed E-state index contributed by atoms with van der Waals surface area (Å²) in [5, 5.41) is 0. The number of hydrogen-bond acceptors (Lipinski definition) is 3. The van der Waals surface area contributed by atoms with Gasteiger partial charge in [0.15, 0.2) is 0 Å². The van der Waals surface area contributed by atoms with Gasteiger partial charge in [-0.25, -0.2) is 0 Å². The van der Waals surface area contributed by atoms with Gasteiger partial charge in [-0.05, 0) is 38.4 Å². The minimum atomic E-state index is -0.0559. The van der Waals surface area contributed by atoms with Crippen LogP contribution >= 0.6 is 0 Å². The van der Waals surface area contributed by atoms with E-state index in [0.29, 0.717) is 12.1 Å². The molecule has 1 aromatic heterocycles. The van der Waals surface area contributed by atoms with Gasteiger partial charge in [0, 0.05) is 29.9 Å². The predicted octanol–water partition coefficient (Wildman–Crippen LogP) is 1.75. The van der Waals surface area contributed by atoms with Crippen molar-refractivity contribution in [2.24, 2.45) is 5.92 Å². The summed E-state index contributed by atoms with van der Waals surface area (Å²) in [6, 6.07) is 5.11. The largest absolute Gasteiger partial charge is 0.469 e. The Morgan fingerprint density at radius 3 is 3.00 bits per heavy atom. The van der Waals surface area contributed by atoms with E-state index in [0.717, 1.165) is 6.42 Å². The van der Waals surface area contributed by atoms with Gasteiger partial charge in [0.25, 0.3) is 0 Å². The van der Waals surface area contributed by atoms with E-state index in [1.165, 1.54) is 25.6 Å². The number of nitrogens with one attached hydrogen (secondary N) is 1. The molecular formula is C14H20N2O2. The highest BCUT2D eigenvalue weighted by molar-refractivity contribution is 5.74. The Balaban J connectivity index is 1.96. The molecule has 4 atom stereocenters. The van der Waals surface area contributed by atoms with Crippen LogP contribution in [0.4, 0.5) is 0 Å². The van der Waals surface area contributed by atoms with Gasteiger partial charge in [0.1, 0.15) is 0 Å². The molecule has 0 unspecified atom stereocenters. The molecule has 1 N–H and O–H groups in total. The third-order valence-corrected chi connectivity index (χ3v) is 4.75. The lowest BCUT2D eigenvalue weighted by atomic mass is 9.78. The van der Waals surface area contributed by atoms with Gasteiger partial charge in [-0.2, -0.15) is 0 Å². The number of carbonyl (C=O) groups is 1. The second kappa shape index (κ2) is 4.43. The maximum absolute atomic E-state index is 12.0. The van der Waals surface area contributed by atoms with Gasteiger partial charge in [0.05, 0.1) is 13.0 Å². The van der Waals surface area contributed by atoms with E-state index in [9.17, 15) is 4.79 Å². The fourth-order valence-corrected chi connectivity index (χ4v) is 3.84. The molecule has 2 fully saturated rings. The molecule has 3 heterocycles. The quantitative estimate of drug-likeness (QED) is 0.811. The van der Waals surface area contributed by atoms with Crippen molar-refractivity contribution in [1.82, 2.24) is 9.88 Å². The van der Waals surface area contributed by atoms with Crippen LogP contribution in [0.3, 0.4) is 0 Å². The Kier molecular flexibility index (Phi) is 2.90. The fraction of sp³-hybridized carbons (Fsp3) is 0.643. The Morgan fingerprint density at radius 1 is 1.50 bits per heavy atom. The summed E-state index contributed by atoms with van der Waals surface area (Å²) >= 11 is 0. The highest BCUT2D eigenvalue weighted by Gasteiger charge is 2.49. The Morgan fingerprint density at radius 2 is 2.33 bits per heavy atom. The molecule has 3 rings (SSSR count). The number of methoxy groups -OCH3 is 1. The number of H-pyrrole nitrogens is 1. The van der Waals surface area contributed by atoms with Gasteiger partial charge in [-0.15, -0.1) is 0 Å². The molecule has 2 aliphatic heterocycles. The second-order valence-electron chi connectivity index (χ2n) is 5.48. The molecule has 0 amide bonds. The van der Waals surface area contributed by atoms with Crippen molar-refractivity contribution in [3.8, 4) is 0 Å². The van der Waals surface area contributed by atoms with Crippen LogP contribution in [-0.4, -0.2) is 42.1 Å². The lowest BCUT2D eigenvalue weighted by Crippen LogP contribution is -2.47. The van der Waals surface area contributed by atoms with Crippen LogP contribution in [0.1, 0.15) is 30.9 Å². The first-order valence-corrected chi connectivity index (χ1v) is 6.65. The van der Waals surface area contributed by atoms with Crippen LogP contribution in [0.15, 0.2) is 18.3 Å². The number of nitrogens with zero attached hydrogens (tertiary/aromatic N) is 1. The summed E-state index contributed by atoms with van der Waals surface area (Å²) in [5.41, 5.74) is 1.17. The van der Waals surface area contributed by atoms with Crippen LogP contribution in [0.5, 0.6) is 0 Å². The number of hydrogen-bond donors (Lipinski definition) is 1. The summed E-state index contributed by atoms with van der Waals surface area (Å²) in [5.74, 6) is 0.193. The molecular weight excluding hydrogens is 228 g/mol.